The third-order valence-corrected chi connectivity index (χ3v) is 12.6. The Labute approximate surface area is 255 Å². The van der Waals surface area contributed by atoms with Gasteiger partial charge in [-0.2, -0.15) is 0 Å². The molecule has 0 aromatic heterocycles. The molecule has 0 spiro atoms. The number of ketones is 1. The summed E-state index contributed by atoms with van der Waals surface area (Å²) in [4.78, 5) is 15.7. The van der Waals surface area contributed by atoms with Crippen molar-refractivity contribution in [2.24, 2.45) is 0 Å². The van der Waals surface area contributed by atoms with Crippen molar-refractivity contribution in [3.63, 3.8) is 0 Å². The van der Waals surface area contributed by atoms with Crippen molar-refractivity contribution in [2.75, 3.05) is 60.3 Å². The minimum Gasteiger partial charge on any atom is -0.497 e. The zero-order valence-corrected chi connectivity index (χ0v) is 27.6. The molecule has 0 aliphatic carbocycles. The number of likely N-dealkylation sites (tertiary alicyclic amines) is 1. The molecule has 10 nitrogen and oxygen atoms in total. The SMILES string of the molecule is CCOP(=O)(OCC)C(CN1C/C(=C\c2ccc(OC)cc2)C(=O)/C(=C/c2ccc(OC)cc2)C1)P(=O)(OCC)OCC. The van der Waals surface area contributed by atoms with E-state index in [1.165, 1.54) is 0 Å². The van der Waals surface area contributed by atoms with Crippen LogP contribution in [0.25, 0.3) is 12.2 Å². The minimum atomic E-state index is -3.99. The molecule has 1 aliphatic rings. The Bertz CT molecular complexity index is 1240. The Balaban J connectivity index is 2.10. The molecule has 0 bridgehead atoms. The number of hydrogen-bond donors (Lipinski definition) is 0. The van der Waals surface area contributed by atoms with E-state index in [2.05, 4.69) is 0 Å². The fourth-order valence-electron chi connectivity index (χ4n) is 4.78. The van der Waals surface area contributed by atoms with Gasteiger partial charge in [-0.15, -0.1) is 0 Å². The summed E-state index contributed by atoms with van der Waals surface area (Å²) in [7, 11) is -4.79. The molecule has 43 heavy (non-hydrogen) atoms. The van der Waals surface area contributed by atoms with Gasteiger partial charge in [-0.3, -0.25) is 18.8 Å². The van der Waals surface area contributed by atoms with Gasteiger partial charge in [0.25, 0.3) is 0 Å². The fraction of sp³-hybridized carbons (Fsp3) is 0.452. The van der Waals surface area contributed by atoms with E-state index in [9.17, 15) is 13.9 Å². The van der Waals surface area contributed by atoms with Gasteiger partial charge < -0.3 is 27.6 Å². The summed E-state index contributed by atoms with van der Waals surface area (Å²) in [6, 6.07) is 14.7. The van der Waals surface area contributed by atoms with Crippen LogP contribution >= 0.6 is 15.2 Å². The third-order valence-electron chi connectivity index (χ3n) is 6.67. The predicted octanol–water partition coefficient (Wildman–Crippen LogP) is 6.91. The topological polar surface area (TPSA) is 110 Å². The van der Waals surface area contributed by atoms with Gasteiger partial charge in [0.2, 0.25) is 0 Å². The van der Waals surface area contributed by atoms with Crippen LogP contribution in [0.5, 0.6) is 11.5 Å². The van der Waals surface area contributed by atoms with E-state index >= 15 is 0 Å². The van der Waals surface area contributed by atoms with Crippen LogP contribution in [0.3, 0.4) is 0 Å². The summed E-state index contributed by atoms with van der Waals surface area (Å²) in [6.07, 6.45) is 3.64. The smallest absolute Gasteiger partial charge is 0.347 e. The average Bonchev–Trinajstić information content (AvgIpc) is 2.99. The molecule has 236 valence electrons. The highest BCUT2D eigenvalue weighted by atomic mass is 31.2. The largest absolute Gasteiger partial charge is 0.497 e. The Morgan fingerprint density at radius 3 is 1.33 bits per heavy atom. The van der Waals surface area contributed by atoms with E-state index in [0.29, 0.717) is 22.6 Å². The Morgan fingerprint density at radius 2 is 1.02 bits per heavy atom. The average molecular weight is 636 g/mol. The molecule has 0 N–H and O–H groups in total. The van der Waals surface area contributed by atoms with Crippen molar-refractivity contribution in [3.05, 3.63) is 70.8 Å². The second-order valence-corrected chi connectivity index (χ2v) is 14.5. The van der Waals surface area contributed by atoms with Crippen LogP contribution in [0.2, 0.25) is 0 Å². The highest BCUT2D eigenvalue weighted by Gasteiger charge is 2.52. The lowest BCUT2D eigenvalue weighted by Crippen LogP contribution is -2.42. The number of hydrogen-bond acceptors (Lipinski definition) is 10. The number of rotatable bonds is 16. The zero-order valence-electron chi connectivity index (χ0n) is 25.8. The van der Waals surface area contributed by atoms with E-state index in [-0.39, 0.29) is 51.8 Å². The molecule has 1 heterocycles. The van der Waals surface area contributed by atoms with Crippen molar-refractivity contribution >= 4 is 33.1 Å². The maximum absolute atomic E-state index is 14.2. The highest BCUT2D eigenvalue weighted by molar-refractivity contribution is 7.72. The molecule has 1 fully saturated rings. The van der Waals surface area contributed by atoms with Crippen LogP contribution in [0.1, 0.15) is 38.8 Å². The molecular formula is C31H43NO9P2. The number of carbonyl (C=O) groups is 1. The number of ether oxygens (including phenoxy) is 2. The number of benzene rings is 2. The van der Waals surface area contributed by atoms with Crippen LogP contribution in [0.15, 0.2) is 59.7 Å². The van der Waals surface area contributed by atoms with Crippen molar-refractivity contribution in [2.45, 2.75) is 33.1 Å². The van der Waals surface area contributed by atoms with Crippen LogP contribution in [0.4, 0.5) is 0 Å². The van der Waals surface area contributed by atoms with Crippen LogP contribution in [0, 0.1) is 0 Å². The summed E-state index contributed by atoms with van der Waals surface area (Å²) < 4.78 is 61.6. The standard InChI is InChI=1S/C31H43NO9P2/c1-7-38-42(34,39-8-2)30(43(35,40-9-3)41-10-4)23-32-21-26(19-24-11-15-28(36-5)16-12-24)31(33)27(22-32)20-25-13-17-29(37-6)18-14-25/h11-20,30H,7-10,21-23H2,1-6H3/b26-19+,27-20+. The van der Waals surface area contributed by atoms with Crippen molar-refractivity contribution in [1.29, 1.82) is 0 Å². The van der Waals surface area contributed by atoms with Gasteiger partial charge in [0.15, 0.2) is 11.2 Å². The van der Waals surface area contributed by atoms with Crippen molar-refractivity contribution < 1.29 is 41.5 Å². The normalized spacial score (nSPS) is 16.8. The van der Waals surface area contributed by atoms with Crippen LogP contribution < -0.4 is 9.47 Å². The van der Waals surface area contributed by atoms with E-state index in [4.69, 9.17) is 27.6 Å². The monoisotopic (exact) mass is 635 g/mol. The summed E-state index contributed by atoms with van der Waals surface area (Å²) >= 11 is 0. The Kier molecular flexibility index (Phi) is 13.4. The summed E-state index contributed by atoms with van der Waals surface area (Å²) in [6.45, 7) is 7.48. The molecule has 12 heteroatoms. The Morgan fingerprint density at radius 1 is 0.674 bits per heavy atom. The first-order chi connectivity index (χ1) is 20.6. The molecular weight excluding hydrogens is 592 g/mol. The molecule has 0 amide bonds. The summed E-state index contributed by atoms with van der Waals surface area (Å²) in [5.74, 6) is 1.29. The quantitative estimate of drug-likeness (QED) is 0.143. The van der Waals surface area contributed by atoms with Crippen LogP contribution in [-0.4, -0.2) is 76.4 Å². The maximum Gasteiger partial charge on any atom is 0.347 e. The first-order valence-electron chi connectivity index (χ1n) is 14.4. The third kappa shape index (κ3) is 9.22. The zero-order chi connectivity index (χ0) is 31.5. The van der Waals surface area contributed by atoms with Crippen molar-refractivity contribution in [3.8, 4) is 11.5 Å². The van der Waals surface area contributed by atoms with Gasteiger partial charge in [-0.1, -0.05) is 24.3 Å². The fourth-order valence-corrected chi connectivity index (χ4v) is 10.1. The minimum absolute atomic E-state index is 0.0261. The van der Waals surface area contributed by atoms with Gasteiger partial charge in [0.1, 0.15) is 11.5 Å². The lowest BCUT2D eigenvalue weighted by molar-refractivity contribution is -0.113. The number of Topliss-reactive ketones (excluding diaryl/α,β-unsaturated/α-hetero) is 1. The summed E-state index contributed by atoms with van der Waals surface area (Å²) in [5, 5.41) is -1.24. The predicted molar refractivity (Wildman–Crippen MR) is 169 cm³/mol. The first-order valence-corrected chi connectivity index (χ1v) is 17.6. The van der Waals surface area contributed by atoms with Crippen molar-refractivity contribution in [1.82, 2.24) is 4.90 Å². The molecule has 0 radical (unpaired) electrons. The highest BCUT2D eigenvalue weighted by Crippen LogP contribution is 2.70. The maximum atomic E-state index is 14.2. The molecule has 1 saturated heterocycles. The van der Waals surface area contributed by atoms with E-state index < -0.39 is 20.6 Å². The first kappa shape index (κ1) is 34.9. The van der Waals surface area contributed by atoms with E-state index in [0.717, 1.165) is 11.1 Å². The molecule has 2 aromatic carbocycles. The van der Waals surface area contributed by atoms with E-state index in [1.807, 2.05) is 65.6 Å². The van der Waals surface area contributed by atoms with Gasteiger partial charge in [0, 0.05) is 30.8 Å². The van der Waals surface area contributed by atoms with Gasteiger partial charge in [0.05, 0.1) is 40.6 Å². The summed E-state index contributed by atoms with van der Waals surface area (Å²) in [5.41, 5.74) is 2.66. The van der Waals surface area contributed by atoms with E-state index in [1.54, 1.807) is 41.9 Å². The second kappa shape index (κ2) is 16.5. The molecule has 0 saturated carbocycles. The number of methoxy groups -OCH3 is 2. The number of piperidine rings is 1. The lowest BCUT2D eigenvalue weighted by Gasteiger charge is -2.37. The van der Waals surface area contributed by atoms with Gasteiger partial charge >= 0.3 is 15.2 Å². The number of carbonyl (C=O) groups excluding carboxylic acids is 1. The van der Waals surface area contributed by atoms with Crippen LogP contribution in [-0.2, 0) is 32.0 Å². The Hall–Kier alpha value is -2.55. The second-order valence-electron chi connectivity index (χ2n) is 9.62. The number of nitrogens with zero attached hydrogens (tertiary/aromatic N) is 1. The lowest BCUT2D eigenvalue weighted by atomic mass is 9.94. The molecule has 0 unspecified atom stereocenters. The molecule has 3 rings (SSSR count). The molecule has 1 aliphatic heterocycles. The van der Waals surface area contributed by atoms with Gasteiger partial charge in [-0.25, -0.2) is 0 Å². The molecule has 2 aromatic rings. The molecule has 0 atom stereocenters. The van der Waals surface area contributed by atoms with Gasteiger partial charge in [-0.05, 0) is 75.2 Å².